The molecule has 0 radical (unpaired) electrons. The summed E-state index contributed by atoms with van der Waals surface area (Å²) in [5.74, 6) is -2.57. The van der Waals surface area contributed by atoms with Crippen LogP contribution in [0.1, 0.15) is 37.7 Å². The van der Waals surface area contributed by atoms with Crippen molar-refractivity contribution in [3.05, 3.63) is 82.2 Å². The lowest BCUT2D eigenvalue weighted by Gasteiger charge is -2.12. The molecule has 0 aliphatic carbocycles. The number of nitrogens with one attached hydrogen (secondary N) is 1. The molecule has 9 heteroatoms. The maximum Gasteiger partial charge on any atom is 0.335 e. The van der Waals surface area contributed by atoms with Gasteiger partial charge in [0.2, 0.25) is 0 Å². The summed E-state index contributed by atoms with van der Waals surface area (Å²) in [7, 11) is 1.50. The quantitative estimate of drug-likeness (QED) is 0.357. The SMILES string of the molecule is COc1cccc(NC(=O)/C(C#N)=C\c2cc(C)n(-c3cc(C(=O)O)cc(C(=O)O)c3)c2C)c1. The number of carbonyl (C=O) groups excluding carboxylic acids is 1. The molecule has 0 aliphatic heterocycles. The van der Waals surface area contributed by atoms with E-state index < -0.39 is 17.8 Å². The van der Waals surface area contributed by atoms with E-state index in [-0.39, 0.29) is 16.7 Å². The van der Waals surface area contributed by atoms with Crippen LogP contribution in [0.4, 0.5) is 5.69 Å². The molecule has 0 saturated heterocycles. The first kappa shape index (κ1) is 23.8. The van der Waals surface area contributed by atoms with Crippen LogP contribution in [0.3, 0.4) is 0 Å². The van der Waals surface area contributed by atoms with Crippen molar-refractivity contribution in [1.82, 2.24) is 4.57 Å². The Morgan fingerprint density at radius 3 is 2.24 bits per heavy atom. The number of hydrogen-bond acceptors (Lipinski definition) is 5. The van der Waals surface area contributed by atoms with Gasteiger partial charge in [0.05, 0.1) is 18.2 Å². The smallest absolute Gasteiger partial charge is 0.335 e. The van der Waals surface area contributed by atoms with E-state index in [4.69, 9.17) is 4.74 Å². The molecule has 0 aliphatic rings. The van der Waals surface area contributed by atoms with E-state index >= 15 is 0 Å². The first-order valence-corrected chi connectivity index (χ1v) is 10.0. The fourth-order valence-corrected chi connectivity index (χ4v) is 3.52. The predicted molar refractivity (Wildman–Crippen MR) is 124 cm³/mol. The summed E-state index contributed by atoms with van der Waals surface area (Å²) in [6.07, 6.45) is 1.42. The molecule has 9 nitrogen and oxygen atoms in total. The number of nitrogens with zero attached hydrogens (tertiary/aromatic N) is 2. The minimum Gasteiger partial charge on any atom is -0.497 e. The lowest BCUT2D eigenvalue weighted by atomic mass is 10.1. The largest absolute Gasteiger partial charge is 0.497 e. The van der Waals surface area contributed by atoms with Crippen molar-refractivity contribution in [1.29, 1.82) is 5.26 Å². The van der Waals surface area contributed by atoms with Crippen LogP contribution in [0, 0.1) is 25.2 Å². The summed E-state index contributed by atoms with van der Waals surface area (Å²) < 4.78 is 6.80. The molecule has 1 aromatic heterocycles. The van der Waals surface area contributed by atoms with E-state index in [0.29, 0.717) is 34.1 Å². The van der Waals surface area contributed by atoms with Gasteiger partial charge in [0.1, 0.15) is 17.4 Å². The molecule has 172 valence electrons. The summed E-state index contributed by atoms with van der Waals surface area (Å²) in [4.78, 5) is 35.6. The van der Waals surface area contributed by atoms with Gasteiger partial charge in [-0.2, -0.15) is 5.26 Å². The average molecular weight is 459 g/mol. The third-order valence-corrected chi connectivity index (χ3v) is 5.13. The number of carbonyl (C=O) groups is 3. The van der Waals surface area contributed by atoms with Gasteiger partial charge in [-0.1, -0.05) is 6.07 Å². The second-order valence-electron chi connectivity index (χ2n) is 7.40. The molecule has 3 aromatic rings. The zero-order chi connectivity index (χ0) is 25.0. The number of benzene rings is 2. The first-order valence-electron chi connectivity index (χ1n) is 10.0. The van der Waals surface area contributed by atoms with Crippen LogP contribution >= 0.6 is 0 Å². The van der Waals surface area contributed by atoms with E-state index in [1.165, 1.54) is 25.3 Å². The maximum absolute atomic E-state index is 12.7. The lowest BCUT2D eigenvalue weighted by Crippen LogP contribution is -2.13. The summed E-state index contributed by atoms with van der Waals surface area (Å²) in [6, 6.07) is 14.1. The zero-order valence-electron chi connectivity index (χ0n) is 18.6. The Hall–Kier alpha value is -4.84. The topological polar surface area (TPSA) is 142 Å². The highest BCUT2D eigenvalue weighted by Crippen LogP contribution is 2.25. The molecule has 3 rings (SSSR count). The minimum absolute atomic E-state index is 0.145. The number of nitriles is 1. The number of aromatic carboxylic acids is 2. The molecule has 2 aromatic carbocycles. The van der Waals surface area contributed by atoms with Crippen LogP contribution < -0.4 is 10.1 Å². The summed E-state index contributed by atoms with van der Waals surface area (Å²) in [6.45, 7) is 3.47. The van der Waals surface area contributed by atoms with Gasteiger partial charge in [-0.05, 0) is 61.9 Å². The van der Waals surface area contributed by atoms with E-state index in [1.54, 1.807) is 48.7 Å². The molecule has 0 saturated carbocycles. The van der Waals surface area contributed by atoms with Crippen molar-refractivity contribution in [2.75, 3.05) is 12.4 Å². The normalized spacial score (nSPS) is 10.9. The van der Waals surface area contributed by atoms with Crippen molar-refractivity contribution in [2.24, 2.45) is 0 Å². The minimum atomic E-state index is -1.26. The second kappa shape index (κ2) is 9.75. The fourth-order valence-electron chi connectivity index (χ4n) is 3.52. The third-order valence-electron chi connectivity index (χ3n) is 5.13. The van der Waals surface area contributed by atoms with Crippen LogP contribution in [0.2, 0.25) is 0 Å². The number of ether oxygens (including phenoxy) is 1. The first-order chi connectivity index (χ1) is 16.1. The molecule has 1 heterocycles. The summed E-state index contributed by atoms with van der Waals surface area (Å²) >= 11 is 0. The molecule has 0 fully saturated rings. The standard InChI is InChI=1S/C25H21N3O6/c1-14-7-16(8-19(13-26)23(29)27-20-5-4-6-22(12-20)34-3)15(2)28(14)21-10-17(24(30)31)9-18(11-21)25(32)33/h4-12H,1-3H3,(H,27,29)(H,30,31)(H,32,33)/b19-8-. The number of rotatable bonds is 7. The lowest BCUT2D eigenvalue weighted by molar-refractivity contribution is -0.112. The molecule has 0 unspecified atom stereocenters. The molecular formula is C25H21N3O6. The number of aryl methyl sites for hydroxylation is 1. The number of aromatic nitrogens is 1. The van der Waals surface area contributed by atoms with Gasteiger partial charge < -0.3 is 24.8 Å². The number of carboxylic acids is 2. The van der Waals surface area contributed by atoms with Crippen LogP contribution in [-0.2, 0) is 4.79 Å². The Morgan fingerprint density at radius 2 is 1.68 bits per heavy atom. The van der Waals surface area contributed by atoms with Gasteiger partial charge in [-0.25, -0.2) is 9.59 Å². The van der Waals surface area contributed by atoms with Crippen molar-refractivity contribution in [3.63, 3.8) is 0 Å². The summed E-state index contributed by atoms with van der Waals surface area (Å²) in [5, 5.41) is 31.0. The fraction of sp³-hybridized carbons (Fsp3) is 0.120. The molecule has 34 heavy (non-hydrogen) atoms. The molecule has 0 atom stereocenters. The van der Waals surface area contributed by atoms with E-state index in [9.17, 15) is 29.9 Å². The Bertz CT molecular complexity index is 1350. The Morgan fingerprint density at radius 1 is 1.03 bits per heavy atom. The summed E-state index contributed by atoms with van der Waals surface area (Å²) in [5.41, 5.74) is 2.12. The van der Waals surface area contributed by atoms with Crippen molar-refractivity contribution in [2.45, 2.75) is 13.8 Å². The molecule has 1 amide bonds. The van der Waals surface area contributed by atoms with Gasteiger partial charge in [0.25, 0.3) is 5.91 Å². The number of amides is 1. The highest BCUT2D eigenvalue weighted by molar-refractivity contribution is 6.09. The third kappa shape index (κ3) is 4.97. The second-order valence-corrected chi connectivity index (χ2v) is 7.40. The average Bonchev–Trinajstić information content (AvgIpc) is 3.09. The van der Waals surface area contributed by atoms with Crippen LogP contribution in [0.15, 0.2) is 54.1 Å². The highest BCUT2D eigenvalue weighted by Gasteiger charge is 2.17. The zero-order valence-corrected chi connectivity index (χ0v) is 18.6. The van der Waals surface area contributed by atoms with Crippen molar-refractivity contribution >= 4 is 29.6 Å². The van der Waals surface area contributed by atoms with Crippen molar-refractivity contribution < 1.29 is 29.3 Å². The Labute approximate surface area is 195 Å². The number of hydrogen-bond donors (Lipinski definition) is 3. The number of methoxy groups -OCH3 is 1. The maximum atomic E-state index is 12.7. The molecule has 0 spiro atoms. The van der Waals surface area contributed by atoms with Crippen LogP contribution in [-0.4, -0.2) is 39.7 Å². The highest BCUT2D eigenvalue weighted by atomic mass is 16.5. The van der Waals surface area contributed by atoms with E-state index in [2.05, 4.69) is 5.32 Å². The monoisotopic (exact) mass is 459 g/mol. The molecule has 0 bridgehead atoms. The van der Waals surface area contributed by atoms with E-state index in [0.717, 1.165) is 6.07 Å². The van der Waals surface area contributed by atoms with Crippen molar-refractivity contribution in [3.8, 4) is 17.5 Å². The predicted octanol–water partition coefficient (Wildman–Crippen LogP) is 4.04. The Kier molecular flexibility index (Phi) is 6.83. The number of carboxylic acid groups (broad SMARTS) is 2. The van der Waals surface area contributed by atoms with Crippen LogP contribution in [0.5, 0.6) is 5.75 Å². The van der Waals surface area contributed by atoms with E-state index in [1.807, 2.05) is 6.07 Å². The Balaban J connectivity index is 2.01. The van der Waals surface area contributed by atoms with Crippen LogP contribution in [0.25, 0.3) is 11.8 Å². The van der Waals surface area contributed by atoms with Gasteiger partial charge >= 0.3 is 11.9 Å². The number of anilines is 1. The van der Waals surface area contributed by atoms with Gasteiger partial charge in [-0.15, -0.1) is 0 Å². The molecular weight excluding hydrogens is 438 g/mol. The van der Waals surface area contributed by atoms with Gasteiger partial charge in [-0.3, -0.25) is 4.79 Å². The van der Waals surface area contributed by atoms with Gasteiger partial charge in [0.15, 0.2) is 0 Å². The van der Waals surface area contributed by atoms with Gasteiger partial charge in [0, 0.05) is 28.8 Å². The molecule has 3 N–H and O–H groups in total.